The predicted molar refractivity (Wildman–Crippen MR) is 64.3 cm³/mol. The number of carbonyl (C=O) groups is 2. The molecule has 102 valence electrons. The molecule has 19 heavy (non-hydrogen) atoms. The third-order valence-electron chi connectivity index (χ3n) is 3.33. The zero-order valence-electron chi connectivity index (χ0n) is 10.3. The summed E-state index contributed by atoms with van der Waals surface area (Å²) in [5.41, 5.74) is 0. The first-order valence-electron chi connectivity index (χ1n) is 6.32. The van der Waals surface area contributed by atoms with Gasteiger partial charge in [-0.3, -0.25) is 14.9 Å². The monoisotopic (exact) mass is 265 g/mol. The van der Waals surface area contributed by atoms with Gasteiger partial charge in [-0.1, -0.05) is 0 Å². The van der Waals surface area contributed by atoms with E-state index in [1.807, 2.05) is 0 Å². The Hall–Kier alpha value is -1.96. The van der Waals surface area contributed by atoms with Crippen LogP contribution >= 0.6 is 0 Å². The molecule has 8 nitrogen and oxygen atoms in total. The Morgan fingerprint density at radius 1 is 1.63 bits per heavy atom. The molecule has 3 heterocycles. The minimum atomic E-state index is -0.632. The van der Waals surface area contributed by atoms with E-state index >= 15 is 0 Å². The predicted octanol–water partition coefficient (Wildman–Crippen LogP) is -0.543. The Morgan fingerprint density at radius 3 is 3.32 bits per heavy atom. The molecule has 0 unspecified atom stereocenters. The second-order valence-corrected chi connectivity index (χ2v) is 4.68. The van der Waals surface area contributed by atoms with E-state index in [2.05, 4.69) is 20.7 Å². The zero-order valence-corrected chi connectivity index (χ0v) is 10.3. The van der Waals surface area contributed by atoms with Gasteiger partial charge in [0, 0.05) is 13.2 Å². The van der Waals surface area contributed by atoms with Gasteiger partial charge >= 0.3 is 0 Å². The third-order valence-corrected chi connectivity index (χ3v) is 3.33. The lowest BCUT2D eigenvalue weighted by molar-refractivity contribution is -0.129. The van der Waals surface area contributed by atoms with Crippen LogP contribution in [0.1, 0.15) is 25.3 Å². The molecule has 8 heteroatoms. The minimum Gasteiger partial charge on any atom is -0.376 e. The summed E-state index contributed by atoms with van der Waals surface area (Å²) in [4.78, 5) is 27.5. The number of aromatic nitrogens is 3. The van der Waals surface area contributed by atoms with Crippen LogP contribution in [0, 0.1) is 0 Å². The van der Waals surface area contributed by atoms with Crippen molar-refractivity contribution in [2.24, 2.45) is 0 Å². The highest BCUT2D eigenvalue weighted by molar-refractivity contribution is 5.95. The number of anilines is 1. The van der Waals surface area contributed by atoms with E-state index in [0.717, 1.165) is 19.4 Å². The number of hydrogen-bond acceptors (Lipinski definition) is 5. The van der Waals surface area contributed by atoms with Gasteiger partial charge < -0.3 is 10.1 Å². The van der Waals surface area contributed by atoms with Gasteiger partial charge in [0.1, 0.15) is 12.4 Å². The maximum absolute atomic E-state index is 12.1. The van der Waals surface area contributed by atoms with Crippen molar-refractivity contribution in [3.05, 3.63) is 6.33 Å². The van der Waals surface area contributed by atoms with Crippen LogP contribution < -0.4 is 10.6 Å². The molecule has 1 aromatic rings. The van der Waals surface area contributed by atoms with Gasteiger partial charge in [-0.15, -0.1) is 0 Å². The fourth-order valence-electron chi connectivity index (χ4n) is 2.35. The van der Waals surface area contributed by atoms with Crippen LogP contribution in [0.5, 0.6) is 0 Å². The summed E-state index contributed by atoms with van der Waals surface area (Å²) in [6.07, 6.45) is 3.46. The van der Waals surface area contributed by atoms with Crippen molar-refractivity contribution < 1.29 is 14.3 Å². The lowest BCUT2D eigenvalue weighted by Crippen LogP contribution is -2.41. The summed E-state index contributed by atoms with van der Waals surface area (Å²) in [5, 5.41) is 9.35. The Labute approximate surface area is 109 Å². The molecule has 2 N–H and O–H groups in total. The summed E-state index contributed by atoms with van der Waals surface area (Å²) in [5.74, 6) is -0.136. The van der Waals surface area contributed by atoms with Gasteiger partial charge in [0.2, 0.25) is 17.8 Å². The van der Waals surface area contributed by atoms with Crippen LogP contribution in [-0.4, -0.2) is 45.8 Å². The Morgan fingerprint density at radius 2 is 2.53 bits per heavy atom. The highest BCUT2D eigenvalue weighted by Gasteiger charge is 2.32. The van der Waals surface area contributed by atoms with Crippen LogP contribution in [0.2, 0.25) is 0 Å². The molecule has 0 bridgehead atoms. The van der Waals surface area contributed by atoms with Crippen LogP contribution in [0.4, 0.5) is 5.95 Å². The summed E-state index contributed by atoms with van der Waals surface area (Å²) in [7, 11) is 0. The Balaban J connectivity index is 1.65. The first-order valence-corrected chi connectivity index (χ1v) is 6.32. The van der Waals surface area contributed by atoms with E-state index in [1.165, 1.54) is 11.0 Å². The lowest BCUT2D eigenvalue weighted by Gasteiger charge is -2.23. The largest absolute Gasteiger partial charge is 0.376 e. The molecule has 1 aromatic heterocycles. The molecule has 2 atom stereocenters. The third kappa shape index (κ3) is 2.43. The summed E-state index contributed by atoms with van der Waals surface area (Å²) < 4.78 is 6.87. The van der Waals surface area contributed by atoms with Gasteiger partial charge in [0.15, 0.2) is 0 Å². The van der Waals surface area contributed by atoms with Gasteiger partial charge in [0.05, 0.1) is 12.5 Å². The summed E-state index contributed by atoms with van der Waals surface area (Å²) >= 11 is 0. The van der Waals surface area contributed by atoms with Gasteiger partial charge in [0.25, 0.3) is 0 Å². The number of nitrogens with zero attached hydrogens (tertiary/aromatic N) is 3. The molecule has 1 fully saturated rings. The standard InChI is InChI=1S/C11H15N5O3/c17-9-4-8(16-11(15-9)13-6-14-16)10(18)12-5-7-2-1-3-19-7/h6-8H,1-5H2,(H,12,18)(H,13,14,15,17)/t7-,8-/m0/s1. The zero-order chi connectivity index (χ0) is 13.2. The molecule has 0 spiro atoms. The fourth-order valence-corrected chi connectivity index (χ4v) is 2.35. The number of hydrogen-bond donors (Lipinski definition) is 2. The topological polar surface area (TPSA) is 98.1 Å². The van der Waals surface area contributed by atoms with E-state index < -0.39 is 6.04 Å². The fraction of sp³-hybridized carbons (Fsp3) is 0.636. The highest BCUT2D eigenvalue weighted by atomic mass is 16.5. The maximum Gasteiger partial charge on any atom is 0.245 e. The van der Waals surface area contributed by atoms with Crippen molar-refractivity contribution in [3.8, 4) is 0 Å². The lowest BCUT2D eigenvalue weighted by atomic mass is 10.1. The molecular formula is C11H15N5O3. The molecule has 0 aromatic carbocycles. The van der Waals surface area contributed by atoms with E-state index in [-0.39, 0.29) is 24.3 Å². The SMILES string of the molecule is O=C1C[C@@H](C(=O)NC[C@@H]2CCCO2)n2ncnc2N1. The number of amides is 2. The van der Waals surface area contributed by atoms with Crippen molar-refractivity contribution in [2.75, 3.05) is 18.5 Å². The average molecular weight is 265 g/mol. The summed E-state index contributed by atoms with van der Waals surface area (Å²) in [6.45, 7) is 1.22. The first kappa shape index (κ1) is 12.1. The van der Waals surface area contributed by atoms with Gasteiger partial charge in [-0.25, -0.2) is 4.68 Å². The normalized spacial score (nSPS) is 25.8. The van der Waals surface area contributed by atoms with Crippen molar-refractivity contribution >= 4 is 17.8 Å². The number of nitrogens with one attached hydrogen (secondary N) is 2. The average Bonchev–Trinajstić information content (AvgIpc) is 3.05. The van der Waals surface area contributed by atoms with Crippen LogP contribution in [-0.2, 0) is 14.3 Å². The maximum atomic E-state index is 12.1. The number of carbonyl (C=O) groups excluding carboxylic acids is 2. The van der Waals surface area contributed by atoms with E-state index in [4.69, 9.17) is 4.74 Å². The van der Waals surface area contributed by atoms with E-state index in [1.54, 1.807) is 0 Å². The van der Waals surface area contributed by atoms with Crippen molar-refractivity contribution in [3.63, 3.8) is 0 Å². The van der Waals surface area contributed by atoms with Crippen LogP contribution in [0.3, 0.4) is 0 Å². The Kier molecular flexibility index (Phi) is 3.16. The van der Waals surface area contributed by atoms with Crippen molar-refractivity contribution in [2.45, 2.75) is 31.4 Å². The van der Waals surface area contributed by atoms with Crippen LogP contribution in [0.15, 0.2) is 6.33 Å². The molecule has 3 rings (SSSR count). The molecule has 2 aliphatic rings. The van der Waals surface area contributed by atoms with Gasteiger partial charge in [-0.05, 0) is 12.8 Å². The minimum absolute atomic E-state index is 0.0771. The Bertz CT molecular complexity index is 494. The molecule has 2 amide bonds. The molecule has 2 aliphatic heterocycles. The molecule has 0 aliphatic carbocycles. The number of rotatable bonds is 3. The smallest absolute Gasteiger partial charge is 0.245 e. The summed E-state index contributed by atoms with van der Waals surface area (Å²) in [6, 6.07) is -0.632. The van der Waals surface area contributed by atoms with E-state index in [0.29, 0.717) is 12.5 Å². The van der Waals surface area contributed by atoms with Crippen molar-refractivity contribution in [1.29, 1.82) is 0 Å². The number of fused-ring (bicyclic) bond motifs is 1. The highest BCUT2D eigenvalue weighted by Crippen LogP contribution is 2.21. The van der Waals surface area contributed by atoms with Crippen molar-refractivity contribution in [1.82, 2.24) is 20.1 Å². The second kappa shape index (κ2) is 4.96. The van der Waals surface area contributed by atoms with E-state index in [9.17, 15) is 9.59 Å². The van der Waals surface area contributed by atoms with Crippen LogP contribution in [0.25, 0.3) is 0 Å². The molecule has 1 saturated heterocycles. The quantitative estimate of drug-likeness (QED) is 0.764. The number of ether oxygens (including phenoxy) is 1. The molecule has 0 saturated carbocycles. The first-order chi connectivity index (χ1) is 9.24. The second-order valence-electron chi connectivity index (χ2n) is 4.68. The van der Waals surface area contributed by atoms with Gasteiger partial charge in [-0.2, -0.15) is 10.1 Å². The molecule has 0 radical (unpaired) electrons. The molecular weight excluding hydrogens is 250 g/mol.